The minimum absolute atomic E-state index is 0.108. The van der Waals surface area contributed by atoms with Crippen LogP contribution in [0.5, 0.6) is 11.5 Å². The molecule has 0 spiro atoms. The van der Waals surface area contributed by atoms with Gasteiger partial charge in [0.25, 0.3) is 0 Å². The van der Waals surface area contributed by atoms with Crippen LogP contribution in [0.3, 0.4) is 0 Å². The Morgan fingerprint density at radius 3 is 2.50 bits per heavy atom. The molecule has 1 atom stereocenters. The Morgan fingerprint density at radius 2 is 1.87 bits per heavy atom. The van der Waals surface area contributed by atoms with Crippen molar-refractivity contribution in [3.63, 3.8) is 0 Å². The summed E-state index contributed by atoms with van der Waals surface area (Å²) in [6.07, 6.45) is 5.72. The topological polar surface area (TPSA) is 107 Å². The van der Waals surface area contributed by atoms with E-state index in [9.17, 15) is 5.11 Å². The molecule has 0 fully saturated rings. The smallest absolute Gasteiger partial charge is 0.222 e. The van der Waals surface area contributed by atoms with Crippen LogP contribution in [0.25, 0.3) is 11.0 Å². The number of nitrogens with one attached hydrogen (secondary N) is 1. The second-order valence-corrected chi connectivity index (χ2v) is 7.24. The molecule has 162 valence electrons. The van der Waals surface area contributed by atoms with Gasteiger partial charge >= 0.3 is 0 Å². The number of aromatic nitrogens is 3. The third-order valence-electron chi connectivity index (χ3n) is 5.21. The van der Waals surface area contributed by atoms with Crippen molar-refractivity contribution in [2.45, 2.75) is 45.2 Å². The quantitative estimate of drug-likeness (QED) is 0.442. The minimum Gasteiger partial charge on any atom is -0.496 e. The molecule has 8 nitrogen and oxygen atoms in total. The van der Waals surface area contributed by atoms with Crippen LogP contribution in [-0.4, -0.2) is 46.5 Å². The van der Waals surface area contributed by atoms with Crippen molar-refractivity contribution in [2.24, 2.45) is 0 Å². The van der Waals surface area contributed by atoms with Crippen molar-refractivity contribution in [2.75, 3.05) is 31.9 Å². The van der Waals surface area contributed by atoms with E-state index in [-0.39, 0.29) is 18.6 Å². The first-order valence-electron chi connectivity index (χ1n) is 10.3. The fourth-order valence-corrected chi connectivity index (χ4v) is 3.70. The summed E-state index contributed by atoms with van der Waals surface area (Å²) in [4.78, 5) is 8.87. The van der Waals surface area contributed by atoms with Crippen LogP contribution in [0.4, 0.5) is 11.8 Å². The average Bonchev–Trinajstić information content (AvgIpc) is 3.14. The molecular weight excluding hydrogens is 382 g/mol. The zero-order valence-corrected chi connectivity index (χ0v) is 17.9. The summed E-state index contributed by atoms with van der Waals surface area (Å²) in [5.74, 6) is 2.40. The molecule has 1 aromatic carbocycles. The van der Waals surface area contributed by atoms with Gasteiger partial charge in [0.15, 0.2) is 5.82 Å². The van der Waals surface area contributed by atoms with Crippen LogP contribution in [0.2, 0.25) is 0 Å². The Morgan fingerprint density at radius 1 is 1.13 bits per heavy atom. The number of anilines is 2. The number of nitrogens with two attached hydrogens (primary N) is 1. The average molecular weight is 414 g/mol. The van der Waals surface area contributed by atoms with Crippen molar-refractivity contribution in [3.8, 4) is 11.5 Å². The Kier molecular flexibility index (Phi) is 7.35. The van der Waals surface area contributed by atoms with Crippen molar-refractivity contribution in [1.82, 2.24) is 14.5 Å². The normalized spacial score (nSPS) is 12.1. The summed E-state index contributed by atoms with van der Waals surface area (Å²) < 4.78 is 13.2. The molecule has 3 aromatic rings. The van der Waals surface area contributed by atoms with Gasteiger partial charge in [-0.05, 0) is 31.0 Å². The summed E-state index contributed by atoms with van der Waals surface area (Å²) in [7, 11) is 3.30. The molecule has 0 saturated heterocycles. The number of nitrogens with zero attached hydrogens (tertiary/aromatic N) is 3. The van der Waals surface area contributed by atoms with Gasteiger partial charge in [-0.2, -0.15) is 4.98 Å². The van der Waals surface area contributed by atoms with Gasteiger partial charge in [0, 0.05) is 18.8 Å². The molecule has 0 saturated carbocycles. The predicted molar refractivity (Wildman–Crippen MR) is 119 cm³/mol. The summed E-state index contributed by atoms with van der Waals surface area (Å²) in [6, 6.07) is 7.77. The highest BCUT2D eigenvalue weighted by atomic mass is 16.5. The lowest BCUT2D eigenvalue weighted by molar-refractivity contribution is 0.276. The van der Waals surface area contributed by atoms with E-state index in [0.29, 0.717) is 18.8 Å². The number of aliphatic hydroxyl groups excluding tert-OH is 1. The Balaban J connectivity index is 2.02. The molecule has 0 aliphatic heterocycles. The summed E-state index contributed by atoms with van der Waals surface area (Å²) >= 11 is 0. The minimum atomic E-state index is 0.108. The summed E-state index contributed by atoms with van der Waals surface area (Å²) in [5.41, 5.74) is 8.52. The lowest BCUT2D eigenvalue weighted by Gasteiger charge is -2.20. The molecule has 8 heteroatoms. The van der Waals surface area contributed by atoms with Crippen LogP contribution in [0.15, 0.2) is 30.5 Å². The Hall–Kier alpha value is -3.00. The van der Waals surface area contributed by atoms with E-state index in [4.69, 9.17) is 15.2 Å². The van der Waals surface area contributed by atoms with E-state index in [2.05, 4.69) is 26.8 Å². The van der Waals surface area contributed by atoms with E-state index in [1.54, 1.807) is 14.2 Å². The highest BCUT2D eigenvalue weighted by Crippen LogP contribution is 2.32. The van der Waals surface area contributed by atoms with Crippen molar-refractivity contribution < 1.29 is 14.6 Å². The molecule has 3 rings (SSSR count). The number of nitrogen functional groups attached to an aromatic ring is 1. The van der Waals surface area contributed by atoms with Crippen LogP contribution in [0.1, 0.15) is 38.2 Å². The molecular formula is C22H31N5O3. The van der Waals surface area contributed by atoms with Gasteiger partial charge in [0.05, 0.1) is 31.8 Å². The van der Waals surface area contributed by atoms with Gasteiger partial charge in [-0.25, -0.2) is 4.98 Å². The first kappa shape index (κ1) is 21.7. The molecule has 0 radical (unpaired) electrons. The van der Waals surface area contributed by atoms with E-state index < -0.39 is 0 Å². The summed E-state index contributed by atoms with van der Waals surface area (Å²) in [5, 5.41) is 13.0. The number of methoxy groups -OCH3 is 2. The van der Waals surface area contributed by atoms with Gasteiger partial charge in [-0.1, -0.05) is 25.8 Å². The lowest BCUT2D eigenvalue weighted by atomic mass is 10.1. The van der Waals surface area contributed by atoms with Crippen LogP contribution < -0.4 is 20.5 Å². The van der Waals surface area contributed by atoms with Crippen LogP contribution in [-0.2, 0) is 6.54 Å². The zero-order chi connectivity index (χ0) is 21.5. The Bertz CT molecular complexity index is 951. The maximum Gasteiger partial charge on any atom is 0.222 e. The van der Waals surface area contributed by atoms with Gasteiger partial charge in [-0.15, -0.1) is 0 Å². The van der Waals surface area contributed by atoms with E-state index >= 15 is 0 Å². The maximum absolute atomic E-state index is 9.48. The van der Waals surface area contributed by atoms with Gasteiger partial charge < -0.3 is 30.2 Å². The molecule has 0 aliphatic rings. The standard InChI is InChI=1S/C22H31N5O3/c1-4-5-7-15(11-13-28)24-21-20-17(25-22(23)26-21)10-12-27(20)14-16-18(29-2)8-6-9-19(16)30-3/h6,8-10,12,15,28H,4-5,7,11,13-14H2,1-3H3,(H3,23,24,25,26)/t15-/m0/s1. The Labute approximate surface area is 177 Å². The second kappa shape index (κ2) is 10.2. The number of hydrogen-bond donors (Lipinski definition) is 3. The first-order valence-corrected chi connectivity index (χ1v) is 10.3. The zero-order valence-electron chi connectivity index (χ0n) is 17.9. The molecule has 4 N–H and O–H groups in total. The predicted octanol–water partition coefficient (Wildman–Crippen LogP) is 3.43. The third kappa shape index (κ3) is 4.76. The fourth-order valence-electron chi connectivity index (χ4n) is 3.70. The van der Waals surface area contributed by atoms with Crippen LogP contribution in [0, 0.1) is 0 Å². The number of fused-ring (bicyclic) bond motifs is 1. The van der Waals surface area contributed by atoms with Crippen molar-refractivity contribution >= 4 is 22.8 Å². The number of hydrogen-bond acceptors (Lipinski definition) is 7. The number of aliphatic hydroxyl groups is 1. The molecule has 0 aliphatic carbocycles. The van der Waals surface area contributed by atoms with Crippen molar-refractivity contribution in [3.05, 3.63) is 36.0 Å². The number of rotatable bonds is 11. The molecule has 2 aromatic heterocycles. The van der Waals surface area contributed by atoms with Gasteiger partial charge in [-0.3, -0.25) is 0 Å². The molecule has 0 amide bonds. The molecule has 30 heavy (non-hydrogen) atoms. The second-order valence-electron chi connectivity index (χ2n) is 7.24. The third-order valence-corrected chi connectivity index (χ3v) is 5.21. The first-order chi connectivity index (χ1) is 14.6. The highest BCUT2D eigenvalue weighted by molar-refractivity contribution is 5.87. The number of benzene rings is 1. The number of ether oxygens (including phenoxy) is 2. The fraction of sp³-hybridized carbons (Fsp3) is 0.455. The van der Waals surface area contributed by atoms with Gasteiger partial charge in [0.2, 0.25) is 5.95 Å². The van der Waals surface area contributed by atoms with Crippen LogP contribution >= 0.6 is 0 Å². The summed E-state index contributed by atoms with van der Waals surface area (Å²) in [6.45, 7) is 2.80. The molecule has 2 heterocycles. The maximum atomic E-state index is 9.48. The molecule has 0 unspecified atom stereocenters. The van der Waals surface area contributed by atoms with Crippen molar-refractivity contribution in [1.29, 1.82) is 0 Å². The number of unbranched alkanes of at least 4 members (excludes halogenated alkanes) is 1. The van der Waals surface area contributed by atoms with E-state index in [1.165, 1.54) is 0 Å². The van der Waals surface area contributed by atoms with Gasteiger partial charge in [0.1, 0.15) is 17.0 Å². The van der Waals surface area contributed by atoms with E-state index in [0.717, 1.165) is 47.4 Å². The largest absolute Gasteiger partial charge is 0.496 e. The molecule has 0 bridgehead atoms. The highest BCUT2D eigenvalue weighted by Gasteiger charge is 2.18. The van der Waals surface area contributed by atoms with E-state index in [1.807, 2.05) is 30.5 Å². The monoisotopic (exact) mass is 413 g/mol. The lowest BCUT2D eigenvalue weighted by Crippen LogP contribution is -2.22. The SMILES string of the molecule is CCCC[C@@H](CCO)Nc1nc(N)nc2ccn(Cc3c(OC)cccc3OC)c12.